The van der Waals surface area contributed by atoms with Crippen LogP contribution in [-0.4, -0.2) is 39.4 Å². The Morgan fingerprint density at radius 3 is 2.47 bits per heavy atom. The fraction of sp³-hybridized carbons (Fsp3) is 0.923. The normalized spacial score (nSPS) is 60.6. The molecule has 0 aromatic rings. The first-order valence-electron chi connectivity index (χ1n) is 6.25. The SMILES string of the molecule is CC(=O)[C@H]1C[C@]2(O)[C@@]3(C)CO[C@]2(C)C[C@]1(O)C3. The van der Waals surface area contributed by atoms with E-state index in [0.29, 0.717) is 25.9 Å². The second-order valence-electron chi connectivity index (χ2n) is 6.76. The molecule has 4 bridgehead atoms. The van der Waals surface area contributed by atoms with Gasteiger partial charge in [-0.25, -0.2) is 0 Å². The molecule has 1 heterocycles. The molecule has 1 aliphatic heterocycles. The van der Waals surface area contributed by atoms with Crippen molar-refractivity contribution in [3.63, 3.8) is 0 Å². The summed E-state index contributed by atoms with van der Waals surface area (Å²) in [7, 11) is 0. The molecule has 1 saturated heterocycles. The van der Waals surface area contributed by atoms with E-state index in [0.717, 1.165) is 0 Å². The highest BCUT2D eigenvalue weighted by Crippen LogP contribution is 2.67. The van der Waals surface area contributed by atoms with E-state index in [2.05, 4.69) is 0 Å². The Bertz CT molecular complexity index is 384. The van der Waals surface area contributed by atoms with Crippen molar-refractivity contribution in [1.29, 1.82) is 0 Å². The fourth-order valence-electron chi connectivity index (χ4n) is 4.63. The third-order valence-electron chi connectivity index (χ3n) is 5.56. The predicted molar refractivity (Wildman–Crippen MR) is 60.4 cm³/mol. The summed E-state index contributed by atoms with van der Waals surface area (Å²) in [6.07, 6.45) is 1.14. The van der Waals surface area contributed by atoms with Crippen LogP contribution in [-0.2, 0) is 9.53 Å². The maximum absolute atomic E-state index is 11.7. The Labute approximate surface area is 101 Å². The number of rotatable bonds is 1. The smallest absolute Gasteiger partial charge is 0.135 e. The molecular weight excluding hydrogens is 220 g/mol. The Morgan fingerprint density at radius 1 is 1.29 bits per heavy atom. The van der Waals surface area contributed by atoms with Gasteiger partial charge in [0.15, 0.2) is 0 Å². The molecule has 4 aliphatic rings. The highest BCUT2D eigenvalue weighted by atomic mass is 16.5. The average Bonchev–Trinajstić information content (AvgIpc) is 2.30. The molecule has 4 rings (SSSR count). The Morgan fingerprint density at radius 2 is 1.94 bits per heavy atom. The van der Waals surface area contributed by atoms with Gasteiger partial charge >= 0.3 is 0 Å². The van der Waals surface area contributed by atoms with Crippen molar-refractivity contribution in [2.45, 2.75) is 56.8 Å². The Balaban J connectivity index is 2.13. The zero-order valence-corrected chi connectivity index (χ0v) is 10.6. The van der Waals surface area contributed by atoms with Crippen LogP contribution in [0.15, 0.2) is 0 Å². The second-order valence-corrected chi connectivity index (χ2v) is 6.76. The molecule has 0 radical (unpaired) electrons. The van der Waals surface area contributed by atoms with Gasteiger partial charge in [-0.3, -0.25) is 4.79 Å². The van der Waals surface area contributed by atoms with Gasteiger partial charge in [0.2, 0.25) is 0 Å². The van der Waals surface area contributed by atoms with Crippen LogP contribution < -0.4 is 0 Å². The molecule has 5 atom stereocenters. The van der Waals surface area contributed by atoms with Crippen molar-refractivity contribution >= 4 is 5.78 Å². The summed E-state index contributed by atoms with van der Waals surface area (Å²) in [6, 6.07) is 0. The van der Waals surface area contributed by atoms with Crippen LogP contribution in [0.25, 0.3) is 0 Å². The monoisotopic (exact) mass is 240 g/mol. The van der Waals surface area contributed by atoms with Crippen LogP contribution in [0, 0.1) is 11.3 Å². The van der Waals surface area contributed by atoms with Gasteiger partial charge in [0.25, 0.3) is 0 Å². The number of hydrogen-bond acceptors (Lipinski definition) is 4. The van der Waals surface area contributed by atoms with E-state index < -0.39 is 28.1 Å². The fourth-order valence-corrected chi connectivity index (χ4v) is 4.63. The molecule has 0 amide bonds. The minimum atomic E-state index is -1.00. The third kappa shape index (κ3) is 1.07. The zero-order valence-electron chi connectivity index (χ0n) is 10.6. The molecule has 2 N–H and O–H groups in total. The van der Waals surface area contributed by atoms with Crippen LogP contribution >= 0.6 is 0 Å². The number of carbonyl (C=O) groups is 1. The lowest BCUT2D eigenvalue weighted by Crippen LogP contribution is -2.73. The van der Waals surface area contributed by atoms with Gasteiger partial charge in [-0.2, -0.15) is 0 Å². The van der Waals surface area contributed by atoms with Crippen molar-refractivity contribution < 1.29 is 19.7 Å². The molecule has 17 heavy (non-hydrogen) atoms. The van der Waals surface area contributed by atoms with Crippen LogP contribution in [0.2, 0.25) is 0 Å². The largest absolute Gasteiger partial charge is 0.389 e. The first kappa shape index (κ1) is 11.6. The number of aliphatic hydroxyl groups is 2. The first-order chi connectivity index (χ1) is 7.66. The third-order valence-corrected chi connectivity index (χ3v) is 5.56. The minimum Gasteiger partial charge on any atom is -0.389 e. The van der Waals surface area contributed by atoms with E-state index in [4.69, 9.17) is 4.74 Å². The van der Waals surface area contributed by atoms with Gasteiger partial charge in [0.05, 0.1) is 17.8 Å². The number of ether oxygens (including phenoxy) is 1. The molecular formula is C13H20O4. The molecule has 0 unspecified atom stereocenters. The number of Topliss-reactive ketones (excluding diaryl/α,β-unsaturated/α-hetero) is 1. The first-order valence-corrected chi connectivity index (χ1v) is 6.25. The summed E-state index contributed by atoms with van der Waals surface area (Å²) in [5, 5.41) is 21.7. The highest BCUT2D eigenvalue weighted by molar-refractivity contribution is 5.80. The van der Waals surface area contributed by atoms with Gasteiger partial charge < -0.3 is 14.9 Å². The van der Waals surface area contributed by atoms with Crippen LogP contribution in [0.4, 0.5) is 0 Å². The van der Waals surface area contributed by atoms with Crippen LogP contribution in [0.5, 0.6) is 0 Å². The molecule has 0 spiro atoms. The van der Waals surface area contributed by atoms with Crippen molar-refractivity contribution in [3.05, 3.63) is 0 Å². The summed E-state index contributed by atoms with van der Waals surface area (Å²) in [5.74, 6) is -0.479. The van der Waals surface area contributed by atoms with E-state index in [-0.39, 0.29) is 5.78 Å². The molecule has 0 aromatic heterocycles. The van der Waals surface area contributed by atoms with Gasteiger partial charge in [-0.1, -0.05) is 6.92 Å². The number of fused-ring (bicyclic) bond motifs is 1. The Hall–Kier alpha value is -0.450. The highest BCUT2D eigenvalue weighted by Gasteiger charge is 2.77. The standard InChI is InChI=1S/C13H20O4/c1-8(14)9-4-13(16)10(2)5-12(9,15)6-11(13,3)17-7-10/h9,15-16H,4-7H2,1-3H3/t9-,10-,11-,12-,13+/m1/s1. The molecule has 4 fully saturated rings. The minimum absolute atomic E-state index is 0.0306. The summed E-state index contributed by atoms with van der Waals surface area (Å²) in [6.45, 7) is 5.78. The molecule has 96 valence electrons. The summed E-state index contributed by atoms with van der Waals surface area (Å²) in [5.41, 5.74) is -3.13. The quantitative estimate of drug-likeness (QED) is 0.706. The topological polar surface area (TPSA) is 66.8 Å². The molecule has 3 saturated carbocycles. The van der Waals surface area contributed by atoms with E-state index >= 15 is 0 Å². The summed E-state index contributed by atoms with van der Waals surface area (Å²) >= 11 is 0. The van der Waals surface area contributed by atoms with Gasteiger partial charge in [-0.15, -0.1) is 0 Å². The van der Waals surface area contributed by atoms with Crippen molar-refractivity contribution in [1.82, 2.24) is 0 Å². The molecule has 4 heteroatoms. The molecule has 0 aromatic carbocycles. The van der Waals surface area contributed by atoms with E-state index in [1.165, 1.54) is 6.92 Å². The number of ketones is 1. The lowest BCUT2D eigenvalue weighted by atomic mass is 9.45. The average molecular weight is 240 g/mol. The lowest BCUT2D eigenvalue weighted by Gasteiger charge is -2.62. The van der Waals surface area contributed by atoms with E-state index in [1.807, 2.05) is 13.8 Å². The van der Waals surface area contributed by atoms with Crippen molar-refractivity contribution in [2.75, 3.05) is 6.61 Å². The maximum Gasteiger partial charge on any atom is 0.135 e. The summed E-state index contributed by atoms with van der Waals surface area (Å²) < 4.78 is 5.78. The summed E-state index contributed by atoms with van der Waals surface area (Å²) in [4.78, 5) is 11.7. The van der Waals surface area contributed by atoms with E-state index in [1.54, 1.807) is 0 Å². The predicted octanol–water partition coefficient (Wildman–Crippen LogP) is 0.646. The number of carbonyl (C=O) groups excluding carboxylic acids is 1. The number of hydrogen-bond donors (Lipinski definition) is 2. The zero-order chi connectivity index (χ0) is 12.7. The lowest BCUT2D eigenvalue weighted by molar-refractivity contribution is -0.266. The van der Waals surface area contributed by atoms with Crippen molar-refractivity contribution in [3.8, 4) is 0 Å². The molecule has 4 nitrogen and oxygen atoms in total. The molecule has 3 aliphatic carbocycles. The van der Waals surface area contributed by atoms with Gasteiger partial charge in [0.1, 0.15) is 11.4 Å². The van der Waals surface area contributed by atoms with Crippen LogP contribution in [0.1, 0.15) is 40.0 Å². The maximum atomic E-state index is 11.7. The second kappa shape index (κ2) is 2.76. The van der Waals surface area contributed by atoms with E-state index in [9.17, 15) is 15.0 Å². The Kier molecular flexibility index (Phi) is 1.89. The van der Waals surface area contributed by atoms with Crippen LogP contribution in [0.3, 0.4) is 0 Å². The van der Waals surface area contributed by atoms with Gasteiger partial charge in [-0.05, 0) is 26.7 Å². The van der Waals surface area contributed by atoms with Crippen molar-refractivity contribution in [2.24, 2.45) is 11.3 Å². The van der Waals surface area contributed by atoms with Gasteiger partial charge in [0, 0.05) is 17.8 Å².